The van der Waals surface area contributed by atoms with Crippen LogP contribution >= 0.6 is 0 Å². The topological polar surface area (TPSA) is 38.8 Å². The highest BCUT2D eigenvalue weighted by atomic mass is 16.6. The molecule has 2 aliphatic heterocycles. The SMILES string of the molecule is CCOC(=O)N1[C@@H]2CC[C@H]1C(/C=C/OC)C2. The summed E-state index contributed by atoms with van der Waals surface area (Å²) >= 11 is 0. The predicted octanol–water partition coefficient (Wildman–Crippen LogP) is 2.16. The van der Waals surface area contributed by atoms with Gasteiger partial charge in [0.25, 0.3) is 0 Å². The van der Waals surface area contributed by atoms with Crippen molar-refractivity contribution in [2.75, 3.05) is 13.7 Å². The van der Waals surface area contributed by atoms with Crippen molar-refractivity contribution in [3.8, 4) is 0 Å². The van der Waals surface area contributed by atoms with Gasteiger partial charge in [0.05, 0.1) is 20.0 Å². The van der Waals surface area contributed by atoms with Crippen LogP contribution in [0.15, 0.2) is 12.3 Å². The zero-order valence-electron chi connectivity index (χ0n) is 9.89. The number of rotatable bonds is 3. The van der Waals surface area contributed by atoms with Crippen LogP contribution in [0.4, 0.5) is 4.79 Å². The number of ether oxygens (including phenoxy) is 2. The molecule has 0 aliphatic carbocycles. The second kappa shape index (κ2) is 4.76. The second-order valence-corrected chi connectivity index (χ2v) is 4.37. The molecule has 16 heavy (non-hydrogen) atoms. The number of fused-ring (bicyclic) bond motifs is 2. The van der Waals surface area contributed by atoms with Gasteiger partial charge in [0.2, 0.25) is 0 Å². The molecule has 0 radical (unpaired) electrons. The molecule has 0 aromatic heterocycles. The normalized spacial score (nSPS) is 32.4. The number of carbonyl (C=O) groups excluding carboxylic acids is 1. The molecule has 0 N–H and O–H groups in total. The van der Waals surface area contributed by atoms with E-state index in [9.17, 15) is 4.79 Å². The van der Waals surface area contributed by atoms with Crippen molar-refractivity contribution in [1.29, 1.82) is 0 Å². The predicted molar refractivity (Wildman–Crippen MR) is 59.9 cm³/mol. The molecule has 0 spiro atoms. The van der Waals surface area contributed by atoms with Gasteiger partial charge in [-0.1, -0.05) is 0 Å². The molecule has 0 aromatic carbocycles. The minimum Gasteiger partial charge on any atom is -0.505 e. The summed E-state index contributed by atoms with van der Waals surface area (Å²) in [6.07, 6.45) is 6.88. The van der Waals surface area contributed by atoms with Crippen molar-refractivity contribution in [3.05, 3.63) is 12.3 Å². The minimum atomic E-state index is -0.150. The molecule has 2 aliphatic rings. The molecule has 2 heterocycles. The largest absolute Gasteiger partial charge is 0.505 e. The van der Waals surface area contributed by atoms with Gasteiger partial charge >= 0.3 is 6.09 Å². The van der Waals surface area contributed by atoms with Crippen molar-refractivity contribution in [2.24, 2.45) is 5.92 Å². The first-order valence-electron chi connectivity index (χ1n) is 5.92. The first-order chi connectivity index (χ1) is 7.77. The zero-order valence-corrected chi connectivity index (χ0v) is 9.89. The Kier molecular flexibility index (Phi) is 3.36. The molecule has 4 nitrogen and oxygen atoms in total. The van der Waals surface area contributed by atoms with Gasteiger partial charge in [0.15, 0.2) is 0 Å². The molecule has 2 saturated heterocycles. The van der Waals surface area contributed by atoms with E-state index in [-0.39, 0.29) is 6.09 Å². The average Bonchev–Trinajstić information content (AvgIpc) is 2.83. The maximum atomic E-state index is 11.8. The van der Waals surface area contributed by atoms with Crippen LogP contribution in [0.5, 0.6) is 0 Å². The third-order valence-corrected chi connectivity index (χ3v) is 3.53. The Morgan fingerprint density at radius 3 is 3.00 bits per heavy atom. The summed E-state index contributed by atoms with van der Waals surface area (Å²) in [6.45, 7) is 2.30. The van der Waals surface area contributed by atoms with Crippen molar-refractivity contribution < 1.29 is 14.3 Å². The lowest BCUT2D eigenvalue weighted by molar-refractivity contribution is 0.100. The number of nitrogens with zero attached hydrogens (tertiary/aromatic N) is 1. The summed E-state index contributed by atoms with van der Waals surface area (Å²) in [5.41, 5.74) is 0. The molecule has 1 unspecified atom stereocenters. The van der Waals surface area contributed by atoms with Crippen LogP contribution in [-0.2, 0) is 9.47 Å². The fourth-order valence-electron chi connectivity index (χ4n) is 2.90. The van der Waals surface area contributed by atoms with Crippen molar-refractivity contribution >= 4 is 6.09 Å². The highest BCUT2D eigenvalue weighted by Gasteiger charge is 2.48. The molecule has 0 saturated carbocycles. The summed E-state index contributed by atoms with van der Waals surface area (Å²) < 4.78 is 10.0. The van der Waals surface area contributed by atoms with E-state index in [2.05, 4.69) is 6.08 Å². The number of methoxy groups -OCH3 is 1. The highest BCUT2D eigenvalue weighted by Crippen LogP contribution is 2.42. The van der Waals surface area contributed by atoms with Gasteiger partial charge in [-0.3, -0.25) is 0 Å². The van der Waals surface area contributed by atoms with Crippen LogP contribution < -0.4 is 0 Å². The number of carbonyl (C=O) groups is 1. The maximum absolute atomic E-state index is 11.8. The van der Waals surface area contributed by atoms with Gasteiger partial charge < -0.3 is 14.4 Å². The summed E-state index contributed by atoms with van der Waals surface area (Å²) in [4.78, 5) is 13.7. The van der Waals surface area contributed by atoms with E-state index in [0.717, 1.165) is 19.3 Å². The van der Waals surface area contributed by atoms with Crippen LogP contribution in [0.3, 0.4) is 0 Å². The smallest absolute Gasteiger partial charge is 0.410 e. The van der Waals surface area contributed by atoms with E-state index < -0.39 is 0 Å². The van der Waals surface area contributed by atoms with E-state index in [0.29, 0.717) is 24.6 Å². The van der Waals surface area contributed by atoms with E-state index in [4.69, 9.17) is 9.47 Å². The molecular formula is C12H19NO3. The zero-order chi connectivity index (χ0) is 11.5. The molecule has 4 heteroatoms. The third kappa shape index (κ3) is 1.88. The number of amides is 1. The average molecular weight is 225 g/mol. The Morgan fingerprint density at radius 1 is 1.50 bits per heavy atom. The van der Waals surface area contributed by atoms with Gasteiger partial charge in [-0.25, -0.2) is 4.79 Å². The van der Waals surface area contributed by atoms with E-state index >= 15 is 0 Å². The Balaban J connectivity index is 2.02. The van der Waals surface area contributed by atoms with E-state index in [1.54, 1.807) is 13.4 Å². The molecule has 0 aromatic rings. The molecular weight excluding hydrogens is 206 g/mol. The molecule has 2 bridgehead atoms. The first-order valence-corrected chi connectivity index (χ1v) is 5.92. The monoisotopic (exact) mass is 225 g/mol. The number of hydrogen-bond acceptors (Lipinski definition) is 3. The minimum absolute atomic E-state index is 0.150. The highest BCUT2D eigenvalue weighted by molar-refractivity contribution is 5.69. The van der Waals surface area contributed by atoms with E-state index in [1.165, 1.54) is 0 Å². The summed E-state index contributed by atoms with van der Waals surface area (Å²) in [6, 6.07) is 0.686. The molecule has 1 amide bonds. The van der Waals surface area contributed by atoms with Crippen LogP contribution in [0.25, 0.3) is 0 Å². The second-order valence-electron chi connectivity index (χ2n) is 4.37. The summed E-state index contributed by atoms with van der Waals surface area (Å²) in [5, 5.41) is 0. The van der Waals surface area contributed by atoms with Crippen molar-refractivity contribution in [3.63, 3.8) is 0 Å². The maximum Gasteiger partial charge on any atom is 0.410 e. The van der Waals surface area contributed by atoms with Crippen molar-refractivity contribution in [1.82, 2.24) is 4.90 Å². The third-order valence-electron chi connectivity index (χ3n) is 3.53. The lowest BCUT2D eigenvalue weighted by atomic mass is 9.89. The standard InChI is InChI=1S/C12H19NO3/c1-3-16-12(14)13-10-4-5-11(13)9(8-10)6-7-15-2/h6-7,9-11H,3-5,8H2,1-2H3/b7-6+/t9?,10-,11+/m1/s1. The molecule has 2 fully saturated rings. The Bertz CT molecular complexity index is 290. The van der Waals surface area contributed by atoms with Gasteiger partial charge in [0.1, 0.15) is 0 Å². The van der Waals surface area contributed by atoms with E-state index in [1.807, 2.05) is 11.8 Å². The lowest BCUT2D eigenvalue weighted by Gasteiger charge is -2.22. The first kappa shape index (κ1) is 11.3. The quantitative estimate of drug-likeness (QED) is 0.691. The van der Waals surface area contributed by atoms with Crippen LogP contribution in [-0.4, -0.2) is 36.8 Å². The van der Waals surface area contributed by atoms with Gasteiger partial charge in [-0.05, 0) is 32.3 Å². The van der Waals surface area contributed by atoms with Crippen LogP contribution in [0.2, 0.25) is 0 Å². The van der Waals surface area contributed by atoms with Gasteiger partial charge in [-0.15, -0.1) is 0 Å². The van der Waals surface area contributed by atoms with Crippen LogP contribution in [0.1, 0.15) is 26.2 Å². The van der Waals surface area contributed by atoms with Crippen molar-refractivity contribution in [2.45, 2.75) is 38.3 Å². The summed E-state index contributed by atoms with van der Waals surface area (Å²) in [5.74, 6) is 0.433. The Morgan fingerprint density at radius 2 is 2.31 bits per heavy atom. The Labute approximate surface area is 96.2 Å². The molecule has 90 valence electrons. The molecule has 3 atom stereocenters. The molecule has 2 rings (SSSR count). The van der Waals surface area contributed by atoms with Gasteiger partial charge in [-0.2, -0.15) is 0 Å². The lowest BCUT2D eigenvalue weighted by Crippen LogP contribution is -2.36. The fraction of sp³-hybridized carbons (Fsp3) is 0.750. The summed E-state index contributed by atoms with van der Waals surface area (Å²) in [7, 11) is 1.65. The van der Waals surface area contributed by atoms with Crippen LogP contribution in [0, 0.1) is 5.92 Å². The number of hydrogen-bond donors (Lipinski definition) is 0. The Hall–Kier alpha value is -1.19. The fourth-order valence-corrected chi connectivity index (χ4v) is 2.90. The van der Waals surface area contributed by atoms with Gasteiger partial charge in [0, 0.05) is 18.0 Å².